The van der Waals surface area contributed by atoms with Crippen molar-refractivity contribution in [2.75, 3.05) is 19.4 Å². The molecule has 196 valence electrons. The predicted molar refractivity (Wildman–Crippen MR) is 136 cm³/mol. The van der Waals surface area contributed by atoms with Gasteiger partial charge in [-0.15, -0.1) is 11.8 Å². The highest BCUT2D eigenvalue weighted by Gasteiger charge is 2.50. The molecule has 0 saturated carbocycles. The van der Waals surface area contributed by atoms with Crippen molar-refractivity contribution in [2.24, 2.45) is 23.2 Å². The Hall–Kier alpha value is -0.355. The number of nitrogens with zero attached hydrogens (tertiary/aromatic N) is 1. The Balaban J connectivity index is 1.72. The Morgan fingerprint density at radius 3 is 2.47 bits per heavy atom. The van der Waals surface area contributed by atoms with Gasteiger partial charge in [-0.3, -0.25) is 4.79 Å². The molecule has 10 heteroatoms. The van der Waals surface area contributed by atoms with Crippen LogP contribution in [0.2, 0.25) is 0 Å². The molecule has 3 aliphatic heterocycles. The zero-order valence-electron chi connectivity index (χ0n) is 21.8. The third-order valence-corrected chi connectivity index (χ3v) is 8.49. The summed E-state index contributed by atoms with van der Waals surface area (Å²) in [6.45, 7) is 12.2. The molecule has 3 aliphatic rings. The maximum Gasteiger partial charge on any atom is 0.239 e. The molecule has 1 amide bonds. The van der Waals surface area contributed by atoms with Crippen molar-refractivity contribution in [3.63, 3.8) is 0 Å². The summed E-state index contributed by atoms with van der Waals surface area (Å²) < 4.78 is 12.3. The summed E-state index contributed by atoms with van der Waals surface area (Å²) in [5, 5.41) is 34.4. The first-order valence-corrected chi connectivity index (χ1v) is 14.0. The Labute approximate surface area is 209 Å². The normalized spacial score (nSPS) is 40.6. The van der Waals surface area contributed by atoms with E-state index in [9.17, 15) is 20.1 Å². The average molecular weight is 501 g/mol. The van der Waals surface area contributed by atoms with E-state index in [1.54, 1.807) is 6.26 Å². The van der Waals surface area contributed by atoms with E-state index in [0.717, 1.165) is 25.8 Å². The molecule has 3 heterocycles. The Bertz CT molecular complexity index is 693. The van der Waals surface area contributed by atoms with E-state index < -0.39 is 41.9 Å². The second-order valence-electron chi connectivity index (χ2n) is 12.1. The molecule has 0 aromatic rings. The van der Waals surface area contributed by atoms with Gasteiger partial charge in [-0.1, -0.05) is 34.6 Å². The van der Waals surface area contributed by atoms with Crippen molar-refractivity contribution < 1.29 is 29.6 Å². The third kappa shape index (κ3) is 6.31. The van der Waals surface area contributed by atoms with Gasteiger partial charge in [-0.25, -0.2) is 0 Å². The van der Waals surface area contributed by atoms with Crippen molar-refractivity contribution >= 4 is 25.7 Å². The molecule has 3 saturated heterocycles. The van der Waals surface area contributed by atoms with Gasteiger partial charge in [-0.05, 0) is 55.2 Å². The van der Waals surface area contributed by atoms with Gasteiger partial charge in [0.25, 0.3) is 0 Å². The van der Waals surface area contributed by atoms with Crippen LogP contribution < -0.4 is 5.32 Å². The van der Waals surface area contributed by atoms with E-state index in [1.165, 1.54) is 11.8 Å². The smallest absolute Gasteiger partial charge is 0.239 e. The lowest BCUT2D eigenvalue weighted by atomic mass is 9.79. The third-order valence-electron chi connectivity index (χ3n) is 7.64. The summed E-state index contributed by atoms with van der Waals surface area (Å²) in [4.78, 5) is 15.7. The lowest BCUT2D eigenvalue weighted by Gasteiger charge is -2.44. The highest BCUT2D eigenvalue weighted by molar-refractivity contribution is 7.99. The molecule has 0 spiro atoms. The molecule has 4 N–H and O–H groups in total. The number of rotatable bonds is 6. The Kier molecular flexibility index (Phi) is 9.43. The summed E-state index contributed by atoms with van der Waals surface area (Å²) in [6, 6.07) is -0.932. The van der Waals surface area contributed by atoms with Gasteiger partial charge in [0.15, 0.2) is 7.98 Å². The fourth-order valence-corrected chi connectivity index (χ4v) is 6.77. The van der Waals surface area contributed by atoms with Crippen molar-refractivity contribution in [1.29, 1.82) is 0 Å². The van der Waals surface area contributed by atoms with Crippen LogP contribution in [0, 0.1) is 23.2 Å². The number of aliphatic hydroxyl groups is 3. The van der Waals surface area contributed by atoms with Gasteiger partial charge in [0.1, 0.15) is 35.9 Å². The predicted octanol–water partition coefficient (Wildman–Crippen LogP) is 0.378. The molecule has 10 atom stereocenters. The molecule has 0 radical (unpaired) electrons. The topological polar surface area (TPSA) is 111 Å². The fourth-order valence-electron chi connectivity index (χ4n) is 6.09. The molecule has 7 unspecified atom stereocenters. The number of hydrogen-bond donors (Lipinski definition) is 4. The monoisotopic (exact) mass is 500 g/mol. The minimum Gasteiger partial charge on any atom is -0.388 e. The lowest BCUT2D eigenvalue weighted by molar-refractivity contribution is -0.208. The first kappa shape index (κ1) is 28.2. The summed E-state index contributed by atoms with van der Waals surface area (Å²) in [5.41, 5.74) is -0.408. The van der Waals surface area contributed by atoms with Crippen LogP contribution in [0.4, 0.5) is 0 Å². The van der Waals surface area contributed by atoms with E-state index >= 15 is 0 Å². The Morgan fingerprint density at radius 1 is 1.21 bits per heavy atom. The summed E-state index contributed by atoms with van der Waals surface area (Å²) in [7, 11) is 1.97. The zero-order valence-corrected chi connectivity index (χ0v) is 22.6. The van der Waals surface area contributed by atoms with Crippen molar-refractivity contribution in [3.05, 3.63) is 0 Å². The van der Waals surface area contributed by atoms with Gasteiger partial charge in [0, 0.05) is 6.61 Å². The number of carbonyl (C=O) groups is 1. The number of hydrogen-bond acceptors (Lipinski definition) is 8. The van der Waals surface area contributed by atoms with Gasteiger partial charge >= 0.3 is 0 Å². The Morgan fingerprint density at radius 2 is 1.88 bits per heavy atom. The van der Waals surface area contributed by atoms with Crippen LogP contribution in [0.3, 0.4) is 0 Å². The minimum absolute atomic E-state index is 0.0535. The number of carbonyl (C=O) groups excluding carboxylic acids is 1. The van der Waals surface area contributed by atoms with Gasteiger partial charge < -0.3 is 34.9 Å². The summed E-state index contributed by atoms with van der Waals surface area (Å²) in [5.74, 6) is 0.709. The first-order valence-electron chi connectivity index (χ1n) is 12.7. The zero-order chi connectivity index (χ0) is 25.4. The number of aliphatic hydroxyl groups excluding tert-OH is 3. The molecule has 0 aliphatic carbocycles. The largest absolute Gasteiger partial charge is 0.388 e. The molecule has 0 aromatic heterocycles. The molecule has 3 rings (SSSR count). The molecular formula is C24H45BN2O6S. The van der Waals surface area contributed by atoms with Crippen LogP contribution in [0.15, 0.2) is 0 Å². The van der Waals surface area contributed by atoms with E-state index in [0.29, 0.717) is 18.4 Å². The van der Waals surface area contributed by atoms with Crippen molar-refractivity contribution in [2.45, 2.75) is 102 Å². The fraction of sp³-hybridized carbons (Fsp3) is 0.958. The van der Waals surface area contributed by atoms with E-state index in [-0.39, 0.29) is 23.3 Å². The van der Waals surface area contributed by atoms with E-state index in [1.807, 2.05) is 21.8 Å². The quantitative estimate of drug-likeness (QED) is 0.388. The molecule has 0 bridgehead atoms. The number of ether oxygens (including phenoxy) is 2. The molecular weight excluding hydrogens is 455 g/mol. The molecule has 0 aromatic carbocycles. The van der Waals surface area contributed by atoms with Crippen LogP contribution >= 0.6 is 11.8 Å². The number of nitrogens with one attached hydrogen (secondary N) is 1. The lowest BCUT2D eigenvalue weighted by Crippen LogP contribution is -2.65. The SMILES string of the molecule is BN1CC2C[C@H](CC(C)(C)C)CCO[C@H]2[C@H]1C(=O)NC(C(C)C)C1OC(SC)C(O)C(O)C1O. The van der Waals surface area contributed by atoms with Crippen LogP contribution in [0.1, 0.15) is 53.9 Å². The maximum atomic E-state index is 13.6. The van der Waals surface area contributed by atoms with Crippen LogP contribution in [0.25, 0.3) is 0 Å². The molecule has 3 fully saturated rings. The second kappa shape index (κ2) is 11.4. The molecule has 34 heavy (non-hydrogen) atoms. The summed E-state index contributed by atoms with van der Waals surface area (Å²) >= 11 is 1.27. The second-order valence-corrected chi connectivity index (χ2v) is 13.0. The van der Waals surface area contributed by atoms with E-state index in [4.69, 9.17) is 9.47 Å². The number of thioether (sulfide) groups is 1. The minimum atomic E-state index is -1.34. The van der Waals surface area contributed by atoms with Crippen molar-refractivity contribution in [1.82, 2.24) is 10.1 Å². The highest BCUT2D eigenvalue weighted by atomic mass is 32.2. The van der Waals surface area contributed by atoms with Crippen LogP contribution in [0.5, 0.6) is 0 Å². The first-order chi connectivity index (χ1) is 15.8. The highest BCUT2D eigenvalue weighted by Crippen LogP contribution is 2.39. The summed E-state index contributed by atoms with van der Waals surface area (Å²) in [6.07, 6.45) is 0.208. The maximum absolute atomic E-state index is 13.6. The van der Waals surface area contributed by atoms with Gasteiger partial charge in [-0.2, -0.15) is 0 Å². The number of amides is 1. The average Bonchev–Trinajstić information content (AvgIpc) is 2.91. The number of fused-ring (bicyclic) bond motifs is 1. The molecule has 8 nitrogen and oxygen atoms in total. The van der Waals surface area contributed by atoms with E-state index in [2.05, 4.69) is 30.9 Å². The standard InChI is InChI=1S/C24H45BN2O6S/c1-12(2)15(21-18(29)17(28)19(30)23(33-21)34-6)26-22(31)16-20-14(11-27(16)25)9-13(7-8-32-20)10-24(3,4)5/h12-21,23,28-30H,7-11,25H2,1-6H3,(H,26,31)/t13-,14?,15?,16+,17?,18?,19?,20-,21?,23?/m1/s1. The van der Waals surface area contributed by atoms with Gasteiger partial charge in [0.2, 0.25) is 5.91 Å². The van der Waals surface area contributed by atoms with Crippen LogP contribution in [-0.4, -0.2) is 101 Å². The van der Waals surface area contributed by atoms with Gasteiger partial charge in [0.05, 0.1) is 12.1 Å². The van der Waals surface area contributed by atoms with Crippen molar-refractivity contribution in [3.8, 4) is 0 Å². The van der Waals surface area contributed by atoms with Crippen LogP contribution in [-0.2, 0) is 14.3 Å².